The van der Waals surface area contributed by atoms with Crippen molar-refractivity contribution in [2.45, 2.75) is 25.9 Å². The molecule has 0 radical (unpaired) electrons. The third kappa shape index (κ3) is 1.88. The van der Waals surface area contributed by atoms with E-state index >= 15 is 0 Å². The van der Waals surface area contributed by atoms with Crippen LogP contribution in [0.2, 0.25) is 0 Å². The molecule has 2 aliphatic heterocycles. The second-order valence-electron chi connectivity index (χ2n) is 6.35. The van der Waals surface area contributed by atoms with Crippen LogP contribution >= 0.6 is 0 Å². The van der Waals surface area contributed by atoms with Crippen LogP contribution in [0.15, 0.2) is 30.5 Å². The molecule has 0 saturated carbocycles. The number of fused-ring (bicyclic) bond motifs is 2. The summed E-state index contributed by atoms with van der Waals surface area (Å²) in [4.78, 5) is 6.12. The van der Waals surface area contributed by atoms with Crippen LogP contribution in [-0.2, 0) is 6.54 Å². The van der Waals surface area contributed by atoms with Gasteiger partial charge in [-0.25, -0.2) is 0 Å². The molecule has 106 valence electrons. The van der Waals surface area contributed by atoms with Crippen molar-refractivity contribution in [3.8, 4) is 0 Å². The molecule has 20 heavy (non-hydrogen) atoms. The Morgan fingerprint density at radius 1 is 1.25 bits per heavy atom. The van der Waals surface area contributed by atoms with Crippen LogP contribution in [0.4, 0.5) is 0 Å². The van der Waals surface area contributed by atoms with E-state index in [-0.39, 0.29) is 0 Å². The molecule has 2 N–H and O–H groups in total. The van der Waals surface area contributed by atoms with Crippen molar-refractivity contribution >= 4 is 10.9 Å². The van der Waals surface area contributed by atoms with Crippen LogP contribution in [0.1, 0.15) is 18.9 Å². The first kappa shape index (κ1) is 12.4. The number of hydrogen-bond acceptors (Lipinski definition) is 2. The van der Waals surface area contributed by atoms with Gasteiger partial charge in [-0.15, -0.1) is 0 Å². The maximum Gasteiger partial charge on any atom is 0.0457 e. The van der Waals surface area contributed by atoms with Crippen molar-refractivity contribution in [2.75, 3.05) is 19.6 Å². The van der Waals surface area contributed by atoms with Crippen molar-refractivity contribution in [2.24, 2.45) is 11.8 Å². The van der Waals surface area contributed by atoms with E-state index in [1.54, 1.807) is 0 Å². The summed E-state index contributed by atoms with van der Waals surface area (Å²) in [7, 11) is 0. The van der Waals surface area contributed by atoms with Gasteiger partial charge in [0.2, 0.25) is 0 Å². The number of rotatable bonds is 3. The number of benzene rings is 1. The molecule has 3 atom stereocenters. The number of aromatic nitrogens is 1. The molecule has 3 nitrogen and oxygen atoms in total. The van der Waals surface area contributed by atoms with Crippen molar-refractivity contribution in [1.82, 2.24) is 15.2 Å². The van der Waals surface area contributed by atoms with Crippen LogP contribution < -0.4 is 5.32 Å². The van der Waals surface area contributed by atoms with E-state index in [0.29, 0.717) is 0 Å². The Hall–Kier alpha value is -1.32. The smallest absolute Gasteiger partial charge is 0.0457 e. The fourth-order valence-corrected chi connectivity index (χ4v) is 4.33. The third-order valence-electron chi connectivity index (χ3n) is 5.29. The van der Waals surface area contributed by atoms with E-state index in [4.69, 9.17) is 0 Å². The van der Waals surface area contributed by atoms with Gasteiger partial charge < -0.3 is 10.3 Å². The van der Waals surface area contributed by atoms with Gasteiger partial charge in [0.05, 0.1) is 0 Å². The molecule has 2 aliphatic rings. The largest absolute Gasteiger partial charge is 0.361 e. The molecule has 1 aromatic carbocycles. The fraction of sp³-hybridized carbons (Fsp3) is 0.529. The Balaban J connectivity index is 1.59. The Morgan fingerprint density at radius 3 is 3.05 bits per heavy atom. The van der Waals surface area contributed by atoms with Gasteiger partial charge in [-0.1, -0.05) is 25.1 Å². The molecule has 0 bridgehead atoms. The Kier molecular flexibility index (Phi) is 3.04. The Morgan fingerprint density at radius 2 is 2.15 bits per heavy atom. The van der Waals surface area contributed by atoms with Crippen LogP contribution in [0.3, 0.4) is 0 Å². The molecule has 1 aromatic heterocycles. The maximum absolute atomic E-state index is 3.56. The SMILES string of the molecule is CCC1C2CNCC2CN1Cc1c[nH]c2ccccc12. The first-order valence-electron chi connectivity index (χ1n) is 7.86. The second kappa shape index (κ2) is 4.90. The molecular weight excluding hydrogens is 246 g/mol. The summed E-state index contributed by atoms with van der Waals surface area (Å²) in [6.07, 6.45) is 3.47. The summed E-state index contributed by atoms with van der Waals surface area (Å²) in [5, 5.41) is 4.95. The van der Waals surface area contributed by atoms with E-state index in [9.17, 15) is 0 Å². The van der Waals surface area contributed by atoms with Gasteiger partial charge in [0.15, 0.2) is 0 Å². The molecule has 3 unspecified atom stereocenters. The lowest BCUT2D eigenvalue weighted by Crippen LogP contribution is -2.34. The van der Waals surface area contributed by atoms with Gasteiger partial charge in [0.25, 0.3) is 0 Å². The predicted molar refractivity (Wildman–Crippen MR) is 82.6 cm³/mol. The molecule has 2 aromatic rings. The van der Waals surface area contributed by atoms with Gasteiger partial charge in [-0.2, -0.15) is 0 Å². The summed E-state index contributed by atoms with van der Waals surface area (Å²) in [6, 6.07) is 9.39. The van der Waals surface area contributed by atoms with E-state index in [1.165, 1.54) is 42.5 Å². The molecule has 0 amide bonds. The highest BCUT2D eigenvalue weighted by molar-refractivity contribution is 5.82. The van der Waals surface area contributed by atoms with Crippen molar-refractivity contribution in [3.05, 3.63) is 36.0 Å². The molecule has 2 saturated heterocycles. The molecule has 4 rings (SSSR count). The molecule has 0 aliphatic carbocycles. The molecule has 2 fully saturated rings. The van der Waals surface area contributed by atoms with E-state index in [0.717, 1.165) is 24.4 Å². The fourth-order valence-electron chi connectivity index (χ4n) is 4.33. The summed E-state index contributed by atoms with van der Waals surface area (Å²) < 4.78 is 0. The summed E-state index contributed by atoms with van der Waals surface area (Å²) in [5.74, 6) is 1.73. The lowest BCUT2D eigenvalue weighted by atomic mass is 9.93. The van der Waals surface area contributed by atoms with Crippen molar-refractivity contribution < 1.29 is 0 Å². The minimum Gasteiger partial charge on any atom is -0.361 e. The van der Waals surface area contributed by atoms with Crippen LogP contribution in [0.5, 0.6) is 0 Å². The quantitative estimate of drug-likeness (QED) is 0.897. The lowest BCUT2D eigenvalue weighted by molar-refractivity contribution is 0.211. The Bertz CT molecular complexity index is 603. The highest BCUT2D eigenvalue weighted by Gasteiger charge is 2.42. The first-order valence-corrected chi connectivity index (χ1v) is 7.86. The van der Waals surface area contributed by atoms with E-state index < -0.39 is 0 Å². The summed E-state index contributed by atoms with van der Waals surface area (Å²) in [6.45, 7) is 7.12. The zero-order chi connectivity index (χ0) is 13.5. The first-order chi connectivity index (χ1) is 9.86. The van der Waals surface area contributed by atoms with E-state index in [2.05, 4.69) is 52.6 Å². The number of hydrogen-bond donors (Lipinski definition) is 2. The molecule has 3 heteroatoms. The zero-order valence-corrected chi connectivity index (χ0v) is 12.1. The highest BCUT2D eigenvalue weighted by atomic mass is 15.2. The van der Waals surface area contributed by atoms with Gasteiger partial charge in [0, 0.05) is 36.2 Å². The highest BCUT2D eigenvalue weighted by Crippen LogP contribution is 2.35. The average Bonchev–Trinajstić information content (AvgIpc) is 3.14. The molecular formula is C17H23N3. The lowest BCUT2D eigenvalue weighted by Gasteiger charge is -2.26. The standard InChI is InChI=1S/C17H23N3/c1-2-17-15-9-18-7-12(15)10-20(17)11-13-8-19-16-6-4-3-5-14(13)16/h3-6,8,12,15,17-19H,2,7,9-11H2,1H3. The number of nitrogens with zero attached hydrogens (tertiary/aromatic N) is 1. The van der Waals surface area contributed by atoms with E-state index in [1.807, 2.05) is 0 Å². The second-order valence-corrected chi connectivity index (χ2v) is 6.35. The van der Waals surface area contributed by atoms with Crippen LogP contribution in [0.25, 0.3) is 10.9 Å². The minimum atomic E-state index is 0.753. The number of likely N-dealkylation sites (tertiary alicyclic amines) is 1. The van der Waals surface area contributed by atoms with Gasteiger partial charge in [0.1, 0.15) is 0 Å². The van der Waals surface area contributed by atoms with Crippen LogP contribution in [0, 0.1) is 11.8 Å². The zero-order valence-electron chi connectivity index (χ0n) is 12.1. The summed E-state index contributed by atoms with van der Waals surface area (Å²) >= 11 is 0. The monoisotopic (exact) mass is 269 g/mol. The van der Waals surface area contributed by atoms with Crippen LogP contribution in [-0.4, -0.2) is 35.6 Å². The minimum absolute atomic E-state index is 0.753. The summed E-state index contributed by atoms with van der Waals surface area (Å²) in [5.41, 5.74) is 2.71. The van der Waals surface area contributed by atoms with Crippen molar-refractivity contribution in [1.29, 1.82) is 0 Å². The number of aromatic amines is 1. The van der Waals surface area contributed by atoms with Gasteiger partial charge in [-0.3, -0.25) is 4.90 Å². The van der Waals surface area contributed by atoms with Gasteiger partial charge in [-0.05, 0) is 43.0 Å². The number of nitrogens with one attached hydrogen (secondary N) is 2. The molecule has 3 heterocycles. The van der Waals surface area contributed by atoms with Gasteiger partial charge >= 0.3 is 0 Å². The topological polar surface area (TPSA) is 31.1 Å². The number of para-hydroxylation sites is 1. The Labute approximate surface area is 120 Å². The predicted octanol–water partition coefficient (Wildman–Crippen LogP) is 2.60. The molecule has 0 spiro atoms. The maximum atomic E-state index is 3.56. The third-order valence-corrected chi connectivity index (χ3v) is 5.29. The number of H-pyrrole nitrogens is 1. The average molecular weight is 269 g/mol. The van der Waals surface area contributed by atoms with Crippen molar-refractivity contribution in [3.63, 3.8) is 0 Å². The normalized spacial score (nSPS) is 30.1.